The first-order chi connectivity index (χ1) is 13.2. The van der Waals surface area contributed by atoms with Crippen molar-refractivity contribution in [2.45, 2.75) is 51.2 Å². The highest BCUT2D eigenvalue weighted by Gasteiger charge is 2.26. The van der Waals surface area contributed by atoms with Crippen molar-refractivity contribution in [1.29, 1.82) is 0 Å². The number of aliphatic imine (C=N–C) groups is 1. The van der Waals surface area contributed by atoms with Crippen LogP contribution in [0.2, 0.25) is 0 Å². The van der Waals surface area contributed by atoms with Gasteiger partial charge in [0.1, 0.15) is 0 Å². The molecule has 164 valence electrons. The summed E-state index contributed by atoms with van der Waals surface area (Å²) in [6.45, 7) is 11.2. The third kappa shape index (κ3) is 8.33. The number of halogens is 1. The summed E-state index contributed by atoms with van der Waals surface area (Å²) < 4.78 is 5.86. The van der Waals surface area contributed by atoms with E-state index >= 15 is 0 Å². The zero-order chi connectivity index (χ0) is 20.7. The van der Waals surface area contributed by atoms with Gasteiger partial charge in [0.25, 0.3) is 5.91 Å². The largest absolute Gasteiger partial charge is 0.372 e. The zero-order valence-corrected chi connectivity index (χ0v) is 21.5. The summed E-state index contributed by atoms with van der Waals surface area (Å²) in [5, 5.41) is 6.68. The Bertz CT molecular complexity index is 672. The van der Waals surface area contributed by atoms with Crippen molar-refractivity contribution in [3.8, 4) is 0 Å². The van der Waals surface area contributed by atoms with E-state index in [2.05, 4.69) is 35.7 Å². The van der Waals surface area contributed by atoms with E-state index in [1.165, 1.54) is 0 Å². The van der Waals surface area contributed by atoms with Crippen LogP contribution >= 0.6 is 35.7 Å². The van der Waals surface area contributed by atoms with E-state index in [1.54, 1.807) is 7.05 Å². The molecule has 8 heteroatoms. The lowest BCUT2D eigenvalue weighted by Crippen LogP contribution is -2.48. The fourth-order valence-corrected chi connectivity index (χ4v) is 3.28. The number of carbonyl (C=O) groups is 1. The maximum atomic E-state index is 12.7. The smallest absolute Gasteiger partial charge is 0.254 e. The molecule has 1 aliphatic heterocycles. The number of amides is 1. The fraction of sp³-hybridized carbons (Fsp3) is 0.619. The highest BCUT2D eigenvalue weighted by Crippen LogP contribution is 2.19. The van der Waals surface area contributed by atoms with Crippen LogP contribution in [0.15, 0.2) is 29.3 Å². The Balaban J connectivity index is 0.00000420. The van der Waals surface area contributed by atoms with Gasteiger partial charge < -0.3 is 20.3 Å². The molecule has 1 fully saturated rings. The van der Waals surface area contributed by atoms with E-state index in [9.17, 15) is 4.79 Å². The Labute approximate surface area is 196 Å². The predicted molar refractivity (Wildman–Crippen MR) is 134 cm³/mol. The molecule has 0 saturated carbocycles. The molecule has 2 atom stereocenters. The summed E-state index contributed by atoms with van der Waals surface area (Å²) in [6, 6.07) is 7.79. The summed E-state index contributed by atoms with van der Waals surface area (Å²) in [6.07, 6.45) is 2.26. The number of ether oxygens (including phenoxy) is 1. The van der Waals surface area contributed by atoms with Gasteiger partial charge in [0.05, 0.1) is 12.2 Å². The first kappa shape index (κ1) is 26.0. The molecule has 0 spiro atoms. The van der Waals surface area contributed by atoms with Crippen LogP contribution in [-0.4, -0.2) is 66.7 Å². The van der Waals surface area contributed by atoms with Crippen LogP contribution in [0.25, 0.3) is 0 Å². The number of benzene rings is 1. The number of thioether (sulfide) groups is 1. The third-order valence-corrected chi connectivity index (χ3v) is 6.07. The molecule has 0 radical (unpaired) electrons. The van der Waals surface area contributed by atoms with E-state index in [-0.39, 0.29) is 46.8 Å². The molecule has 6 nitrogen and oxygen atoms in total. The SMILES string of the molecule is CN=C(NCc1ccc(C(=O)N2CC(C)OC(C)C2)cc1)NCC(C)(C)SC.I. The van der Waals surface area contributed by atoms with Crippen LogP contribution in [0.5, 0.6) is 0 Å². The van der Waals surface area contributed by atoms with E-state index in [1.807, 2.05) is 54.8 Å². The van der Waals surface area contributed by atoms with E-state index in [0.717, 1.165) is 18.1 Å². The Hall–Kier alpha value is -1.00. The third-order valence-electron chi connectivity index (χ3n) is 4.83. The van der Waals surface area contributed by atoms with Crippen molar-refractivity contribution in [2.24, 2.45) is 4.99 Å². The van der Waals surface area contributed by atoms with Gasteiger partial charge in [-0.1, -0.05) is 12.1 Å². The Morgan fingerprint density at radius 1 is 1.21 bits per heavy atom. The second-order valence-electron chi connectivity index (χ2n) is 7.91. The number of hydrogen-bond acceptors (Lipinski definition) is 4. The van der Waals surface area contributed by atoms with Gasteiger partial charge in [-0.3, -0.25) is 9.79 Å². The van der Waals surface area contributed by atoms with Gasteiger partial charge in [0.2, 0.25) is 0 Å². The number of rotatable bonds is 6. The molecule has 1 amide bonds. The molecule has 1 aromatic rings. The van der Waals surface area contributed by atoms with Crippen molar-refractivity contribution in [1.82, 2.24) is 15.5 Å². The minimum atomic E-state index is 0. The predicted octanol–water partition coefficient (Wildman–Crippen LogP) is 3.36. The molecule has 0 bridgehead atoms. The molecule has 0 aromatic heterocycles. The normalized spacial score (nSPS) is 20.1. The van der Waals surface area contributed by atoms with Crippen LogP contribution in [0.1, 0.15) is 43.6 Å². The van der Waals surface area contributed by atoms with Gasteiger partial charge >= 0.3 is 0 Å². The molecular weight excluding hydrogens is 499 g/mol. The molecule has 1 saturated heterocycles. The van der Waals surface area contributed by atoms with Gasteiger partial charge in [-0.2, -0.15) is 11.8 Å². The number of nitrogens with one attached hydrogen (secondary N) is 2. The van der Waals surface area contributed by atoms with Crippen molar-refractivity contribution in [3.05, 3.63) is 35.4 Å². The monoisotopic (exact) mass is 534 g/mol. The Kier molecular flexibility index (Phi) is 10.8. The van der Waals surface area contributed by atoms with Crippen molar-refractivity contribution >= 4 is 47.6 Å². The first-order valence-corrected chi connectivity index (χ1v) is 11.0. The average Bonchev–Trinajstić information content (AvgIpc) is 2.67. The Morgan fingerprint density at radius 2 is 1.79 bits per heavy atom. The van der Waals surface area contributed by atoms with Gasteiger partial charge in [-0.05, 0) is 51.6 Å². The second-order valence-corrected chi connectivity index (χ2v) is 9.42. The summed E-state index contributed by atoms with van der Waals surface area (Å²) in [4.78, 5) is 18.9. The second kappa shape index (κ2) is 12.0. The number of morpholine rings is 1. The molecule has 29 heavy (non-hydrogen) atoms. The number of nitrogens with zero attached hydrogens (tertiary/aromatic N) is 2. The number of carbonyl (C=O) groups excluding carboxylic acids is 1. The maximum absolute atomic E-state index is 12.7. The molecule has 1 aromatic carbocycles. The lowest BCUT2D eigenvalue weighted by atomic mass is 10.1. The van der Waals surface area contributed by atoms with E-state index < -0.39 is 0 Å². The summed E-state index contributed by atoms with van der Waals surface area (Å²) >= 11 is 1.82. The van der Waals surface area contributed by atoms with Gasteiger partial charge in [-0.25, -0.2) is 0 Å². The van der Waals surface area contributed by atoms with Crippen molar-refractivity contribution in [2.75, 3.05) is 32.9 Å². The van der Waals surface area contributed by atoms with Crippen LogP contribution in [0.3, 0.4) is 0 Å². The molecule has 2 N–H and O–H groups in total. The highest BCUT2D eigenvalue weighted by molar-refractivity contribution is 14.0. The van der Waals surface area contributed by atoms with E-state index in [4.69, 9.17) is 4.74 Å². The summed E-state index contributed by atoms with van der Waals surface area (Å²) in [7, 11) is 1.77. The average molecular weight is 535 g/mol. The summed E-state index contributed by atoms with van der Waals surface area (Å²) in [5.74, 6) is 0.844. The van der Waals surface area contributed by atoms with Crippen molar-refractivity contribution < 1.29 is 9.53 Å². The zero-order valence-electron chi connectivity index (χ0n) is 18.3. The van der Waals surface area contributed by atoms with Gasteiger partial charge in [-0.15, -0.1) is 24.0 Å². The van der Waals surface area contributed by atoms with Crippen molar-refractivity contribution in [3.63, 3.8) is 0 Å². The minimum Gasteiger partial charge on any atom is -0.372 e. The van der Waals surface area contributed by atoms with Crippen LogP contribution < -0.4 is 10.6 Å². The van der Waals surface area contributed by atoms with Crippen LogP contribution in [-0.2, 0) is 11.3 Å². The van der Waals surface area contributed by atoms with Crippen LogP contribution in [0.4, 0.5) is 0 Å². The lowest BCUT2D eigenvalue weighted by molar-refractivity contribution is -0.0586. The minimum absolute atomic E-state index is 0. The lowest BCUT2D eigenvalue weighted by Gasteiger charge is -2.35. The fourth-order valence-electron chi connectivity index (χ4n) is 3.07. The highest BCUT2D eigenvalue weighted by atomic mass is 127. The van der Waals surface area contributed by atoms with Gasteiger partial charge in [0, 0.05) is 43.5 Å². The van der Waals surface area contributed by atoms with Crippen LogP contribution in [0, 0.1) is 0 Å². The molecule has 0 aliphatic carbocycles. The molecule has 1 heterocycles. The molecular formula is C21H35IN4O2S. The summed E-state index contributed by atoms with van der Waals surface area (Å²) in [5.41, 5.74) is 1.82. The Morgan fingerprint density at radius 3 is 2.31 bits per heavy atom. The number of guanidine groups is 1. The molecule has 1 aliphatic rings. The topological polar surface area (TPSA) is 66.0 Å². The quantitative estimate of drug-likeness (QED) is 0.333. The first-order valence-electron chi connectivity index (χ1n) is 9.77. The standard InChI is InChI=1S/C21H34N4O2S.HI/c1-15-12-25(13-16(2)27-15)19(26)18-9-7-17(8-10-18)11-23-20(22-5)24-14-21(3,4)28-6;/h7-10,15-16H,11-14H2,1-6H3,(H2,22,23,24);1H. The van der Waals surface area contributed by atoms with E-state index in [0.29, 0.717) is 25.2 Å². The number of hydrogen-bond donors (Lipinski definition) is 2. The molecule has 2 rings (SSSR count). The van der Waals surface area contributed by atoms with Gasteiger partial charge in [0.15, 0.2) is 5.96 Å². The maximum Gasteiger partial charge on any atom is 0.254 e. The molecule has 2 unspecified atom stereocenters.